The molecule has 0 aliphatic carbocycles. The second-order valence-electron chi connectivity index (χ2n) is 6.72. The molecule has 0 fully saturated rings. The number of benzene rings is 2. The Bertz CT molecular complexity index is 1400. The van der Waals surface area contributed by atoms with Crippen LogP contribution in [0.25, 0.3) is 22.0 Å². The lowest BCUT2D eigenvalue weighted by Crippen LogP contribution is -2.11. The molecule has 0 spiro atoms. The Balaban J connectivity index is 1.69. The first-order valence-electron chi connectivity index (χ1n) is 8.97. The zero-order valence-corrected chi connectivity index (χ0v) is 16.5. The van der Waals surface area contributed by atoms with E-state index in [0.717, 1.165) is 16.8 Å². The molecule has 8 nitrogen and oxygen atoms in total. The summed E-state index contributed by atoms with van der Waals surface area (Å²) in [6.07, 6.45) is 3.29. The highest BCUT2D eigenvalue weighted by Crippen LogP contribution is 2.26. The van der Waals surface area contributed by atoms with Crippen molar-refractivity contribution >= 4 is 27.0 Å². The summed E-state index contributed by atoms with van der Waals surface area (Å²) in [5, 5.41) is 16.4. The van der Waals surface area contributed by atoms with Crippen molar-refractivity contribution in [1.29, 1.82) is 0 Å². The minimum absolute atomic E-state index is 0.0244. The number of nitrogens with zero attached hydrogens (tertiary/aromatic N) is 1. The van der Waals surface area contributed by atoms with Gasteiger partial charge in [0, 0.05) is 28.9 Å². The van der Waals surface area contributed by atoms with E-state index in [2.05, 4.69) is 15.0 Å². The number of hydrogen-bond acceptors (Lipinski definition) is 5. The number of sulfonamides is 1. The molecule has 5 N–H and O–H groups in total. The zero-order valence-electron chi connectivity index (χ0n) is 15.7. The van der Waals surface area contributed by atoms with Crippen molar-refractivity contribution in [3.05, 3.63) is 82.3 Å². The molecular weight excluding hydrogens is 404 g/mol. The van der Waals surface area contributed by atoms with Gasteiger partial charge in [0.2, 0.25) is 15.9 Å². The zero-order chi connectivity index (χ0) is 21.3. The summed E-state index contributed by atoms with van der Waals surface area (Å²) in [5.74, 6) is -0.274. The van der Waals surface area contributed by atoms with Crippen molar-refractivity contribution in [2.45, 2.75) is 11.4 Å². The van der Waals surface area contributed by atoms with Gasteiger partial charge in [0.25, 0.3) is 5.56 Å². The van der Waals surface area contributed by atoms with Gasteiger partial charge in [-0.05, 0) is 47.5 Å². The molecule has 2 heterocycles. The Labute approximate surface area is 171 Å². The average Bonchev–Trinajstić information content (AvgIpc) is 3.24. The molecule has 0 aliphatic rings. The first-order chi connectivity index (χ1) is 14.3. The first kappa shape index (κ1) is 19.6. The van der Waals surface area contributed by atoms with Gasteiger partial charge >= 0.3 is 0 Å². The number of aromatic amines is 2. The molecule has 0 saturated carbocycles. The third-order valence-corrected chi connectivity index (χ3v) is 5.63. The molecule has 0 saturated heterocycles. The topological polar surface area (TPSA) is 141 Å². The largest absolute Gasteiger partial charge is 0.494 e. The van der Waals surface area contributed by atoms with Crippen LogP contribution in [0.4, 0.5) is 0 Å². The molecule has 9 heteroatoms. The number of H-pyrrole nitrogens is 2. The quantitative estimate of drug-likeness (QED) is 0.367. The Hall–Kier alpha value is -3.69. The number of hydrogen-bond donors (Lipinski definition) is 4. The molecule has 0 atom stereocenters. The van der Waals surface area contributed by atoms with E-state index in [9.17, 15) is 18.3 Å². The number of pyridine rings is 1. The van der Waals surface area contributed by atoms with E-state index >= 15 is 0 Å². The van der Waals surface area contributed by atoms with Gasteiger partial charge in [-0.2, -0.15) is 0 Å². The molecule has 0 aliphatic heterocycles. The maximum absolute atomic E-state index is 12.2. The fourth-order valence-corrected chi connectivity index (χ4v) is 3.69. The van der Waals surface area contributed by atoms with Gasteiger partial charge in [0.1, 0.15) is 0 Å². The number of aromatic nitrogens is 2. The van der Waals surface area contributed by atoms with E-state index in [1.165, 1.54) is 18.3 Å². The fraction of sp³-hybridized carbons (Fsp3) is 0.0476. The summed E-state index contributed by atoms with van der Waals surface area (Å²) in [6, 6.07) is 15.2. The Kier molecular flexibility index (Phi) is 4.98. The van der Waals surface area contributed by atoms with Crippen LogP contribution in [-0.2, 0) is 16.6 Å². The second-order valence-corrected chi connectivity index (χ2v) is 8.28. The Morgan fingerprint density at radius 1 is 1.07 bits per heavy atom. The standard InChI is InChI=1S/C21H18N4O4S/c22-30(28,29)15-6-3-13(4-7-15)11-23-12-18-17-10-14(19-2-1-9-24-19)5-8-16(17)20(26)25-21(18)27/h1-10,12,24H,11H2,(H2,22,28,29)(H2,25,26,27). The number of aromatic hydroxyl groups is 1. The molecule has 2 aromatic heterocycles. The van der Waals surface area contributed by atoms with Crippen LogP contribution < -0.4 is 10.7 Å². The molecule has 4 aromatic rings. The molecule has 30 heavy (non-hydrogen) atoms. The van der Waals surface area contributed by atoms with Crippen LogP contribution in [0, 0.1) is 0 Å². The summed E-state index contributed by atoms with van der Waals surface area (Å²) >= 11 is 0. The minimum Gasteiger partial charge on any atom is -0.494 e. The van der Waals surface area contributed by atoms with Crippen LogP contribution in [0.2, 0.25) is 0 Å². The fourth-order valence-electron chi connectivity index (χ4n) is 3.17. The lowest BCUT2D eigenvalue weighted by atomic mass is 10.0. The van der Waals surface area contributed by atoms with Gasteiger partial charge in [-0.1, -0.05) is 18.2 Å². The van der Waals surface area contributed by atoms with E-state index in [1.807, 2.05) is 24.3 Å². The van der Waals surface area contributed by atoms with Crippen LogP contribution in [0.5, 0.6) is 5.88 Å². The normalized spacial score (nSPS) is 12.0. The molecule has 152 valence electrons. The van der Waals surface area contributed by atoms with Gasteiger partial charge in [0.05, 0.1) is 17.0 Å². The third kappa shape index (κ3) is 3.88. The number of rotatable bonds is 5. The van der Waals surface area contributed by atoms with Crippen molar-refractivity contribution < 1.29 is 13.5 Å². The van der Waals surface area contributed by atoms with E-state index in [1.54, 1.807) is 24.4 Å². The molecule has 0 radical (unpaired) electrons. The summed E-state index contributed by atoms with van der Waals surface area (Å²) in [5.41, 5.74) is 2.51. The highest BCUT2D eigenvalue weighted by atomic mass is 32.2. The van der Waals surface area contributed by atoms with Crippen molar-refractivity contribution in [3.8, 4) is 17.1 Å². The van der Waals surface area contributed by atoms with Crippen LogP contribution in [0.3, 0.4) is 0 Å². The summed E-state index contributed by atoms with van der Waals surface area (Å²) in [4.78, 5) is 22.1. The predicted octanol–water partition coefficient (Wildman–Crippen LogP) is 2.50. The van der Waals surface area contributed by atoms with E-state index in [0.29, 0.717) is 16.3 Å². The Morgan fingerprint density at radius 3 is 2.50 bits per heavy atom. The number of nitrogens with one attached hydrogen (secondary N) is 2. The molecular formula is C21H18N4O4S. The molecule has 2 aromatic carbocycles. The van der Waals surface area contributed by atoms with Crippen LogP contribution in [0.15, 0.2) is 75.5 Å². The van der Waals surface area contributed by atoms with Crippen molar-refractivity contribution in [2.75, 3.05) is 0 Å². The van der Waals surface area contributed by atoms with Crippen LogP contribution in [0.1, 0.15) is 11.1 Å². The van der Waals surface area contributed by atoms with Gasteiger partial charge in [0.15, 0.2) is 0 Å². The maximum Gasteiger partial charge on any atom is 0.258 e. The highest BCUT2D eigenvalue weighted by molar-refractivity contribution is 7.89. The lowest BCUT2D eigenvalue weighted by Gasteiger charge is -2.07. The van der Waals surface area contributed by atoms with E-state index in [-0.39, 0.29) is 17.3 Å². The molecule has 0 unspecified atom stereocenters. The predicted molar refractivity (Wildman–Crippen MR) is 115 cm³/mol. The average molecular weight is 422 g/mol. The monoisotopic (exact) mass is 422 g/mol. The number of primary sulfonamides is 1. The second kappa shape index (κ2) is 7.62. The number of fused-ring (bicyclic) bond motifs is 1. The highest BCUT2D eigenvalue weighted by Gasteiger charge is 2.11. The smallest absolute Gasteiger partial charge is 0.258 e. The molecule has 4 rings (SSSR count). The summed E-state index contributed by atoms with van der Waals surface area (Å²) < 4.78 is 22.7. The maximum atomic E-state index is 12.2. The van der Waals surface area contributed by atoms with Gasteiger partial charge in [-0.25, -0.2) is 13.6 Å². The minimum atomic E-state index is -3.75. The Morgan fingerprint density at radius 2 is 1.83 bits per heavy atom. The SMILES string of the molecule is NS(=O)(=O)c1ccc(CN=Cc2c(O)[nH]c(=O)c3ccc(-c4ccc[nH]4)cc23)cc1. The van der Waals surface area contributed by atoms with Gasteiger partial charge in [-0.15, -0.1) is 0 Å². The van der Waals surface area contributed by atoms with Crippen LogP contribution >= 0.6 is 0 Å². The van der Waals surface area contributed by atoms with Crippen molar-refractivity contribution in [1.82, 2.24) is 9.97 Å². The summed E-state index contributed by atoms with van der Waals surface area (Å²) in [6.45, 7) is 0.251. The van der Waals surface area contributed by atoms with Gasteiger partial charge in [-0.3, -0.25) is 14.8 Å². The number of nitrogens with two attached hydrogens (primary N) is 1. The number of aliphatic imine (C=N–C) groups is 1. The lowest BCUT2D eigenvalue weighted by molar-refractivity contribution is 0.452. The van der Waals surface area contributed by atoms with Crippen molar-refractivity contribution in [3.63, 3.8) is 0 Å². The van der Waals surface area contributed by atoms with Gasteiger partial charge < -0.3 is 10.1 Å². The van der Waals surface area contributed by atoms with Crippen molar-refractivity contribution in [2.24, 2.45) is 10.1 Å². The molecule has 0 amide bonds. The summed E-state index contributed by atoms with van der Waals surface area (Å²) in [7, 11) is -3.75. The van der Waals surface area contributed by atoms with E-state index in [4.69, 9.17) is 5.14 Å². The van der Waals surface area contributed by atoms with Crippen LogP contribution in [-0.4, -0.2) is 29.7 Å². The first-order valence-corrected chi connectivity index (χ1v) is 10.5. The van der Waals surface area contributed by atoms with E-state index < -0.39 is 15.6 Å². The third-order valence-electron chi connectivity index (χ3n) is 4.70. The molecule has 0 bridgehead atoms.